The van der Waals surface area contributed by atoms with E-state index in [0.717, 1.165) is 12.8 Å². The molecule has 56 heteroatoms. The summed E-state index contributed by atoms with van der Waals surface area (Å²) in [6.45, 7) is 20.5. The smallest absolute Gasteiger partial charge is 0.413 e. The maximum absolute atomic E-state index is 13.0. The van der Waals surface area contributed by atoms with E-state index in [2.05, 4.69) is 20.6 Å². The average Bonchev–Trinajstić information content (AvgIpc) is 1.50. The Bertz CT molecular complexity index is 5940. The molecule has 27 fully saturated rings. The number of hydrogen-bond acceptors (Lipinski definition) is 41. The maximum Gasteiger partial charge on any atom is 0.413 e. The van der Waals surface area contributed by atoms with Crippen molar-refractivity contribution in [2.24, 2.45) is 88.8 Å². The standard InChI is InChI=1S/2C9H12O6S.2C8H9F3O4S.2C8H9NO4S.2C8H12O4S.C8H12O3S/c1-4-5-3-9(8(10)13-2)7(14-5)6(4)15-16(9,11)12;1-3-5-4(9(10)13-2)8-7(14-5)6(3)15-16(8,11)12;1-3-4-2-7(8(9,10)11)6(14-4)5(3)15-16(7,12)13;1-2-4-3(8(9,10)11)7-6(14-4)5(2)15-16(7,12)13;1-4-5-2-8(3-9)7(12-5)6(4)13-14(8,10)11;1-3-5-4(2-9)8-7(12-5)6(3)13-14(8,10)11;1-4-5-3-8(2)7(11-5)6(4)12-13(8,9)10;1-3-5-4(2)8-7(11-5)6(3)12-13(8,9)10;1-4-5-2-6-7(3-5)12(9,10)11-8(4)6/h4-7H,3H2,1-2H3;3-8H,1-2H3;3-6H,2H2,1H3;2-7H,1H3;4-7H,2H2,1H3;3-8H,1H3;4-7H,3H2,1-2H3;3-8H,1-2H3;4-8H,2-3H2,1H3. The molecule has 49 atom stereocenters. The third-order valence-corrected chi connectivity index (χ3v) is 50.0. The number of hydrogen-bond donors (Lipinski definition) is 0. The van der Waals surface area contributed by atoms with Gasteiger partial charge in [0.05, 0.1) is 92.5 Å². The van der Waals surface area contributed by atoms with Crippen LogP contribution in [0.15, 0.2) is 0 Å². The fraction of sp³-hybridized carbons (Fsp3) is 0.946. The Morgan fingerprint density at radius 2 is 0.792 bits per heavy atom. The molecule has 49 unspecified atom stereocenters. The molecule has 25 saturated heterocycles. The number of fused-ring (bicyclic) bond motifs is 9. The second-order valence-electron chi connectivity index (χ2n) is 39.5. The van der Waals surface area contributed by atoms with Crippen molar-refractivity contribution in [1.29, 1.82) is 10.5 Å². The van der Waals surface area contributed by atoms with Crippen LogP contribution in [0.3, 0.4) is 0 Å². The van der Waals surface area contributed by atoms with Gasteiger partial charge < -0.3 is 47.4 Å². The summed E-state index contributed by atoms with van der Waals surface area (Å²) in [6.07, 6.45) is -18.5. The molecule has 27 aliphatic rings. The van der Waals surface area contributed by atoms with Crippen molar-refractivity contribution in [3.8, 4) is 12.1 Å². The van der Waals surface area contributed by atoms with Crippen molar-refractivity contribution < 1.29 is 197 Å². The molecule has 0 aromatic carbocycles. The van der Waals surface area contributed by atoms with Crippen molar-refractivity contribution in [3.05, 3.63) is 0 Å². The molecule has 41 nitrogen and oxygen atoms in total. The molecule has 0 spiro atoms. The number of methoxy groups -OCH3 is 2. The predicted octanol–water partition coefficient (Wildman–Crippen LogP) is 0.829. The minimum Gasteiger partial charge on any atom is -0.469 e. The topological polar surface area (TPSA) is 564 Å². The molecule has 2 aliphatic carbocycles. The number of carbonyl (C=O) groups is 2. The fourth-order valence-electron chi connectivity index (χ4n) is 26.4. The molecule has 25 heterocycles. The molecular formula is C74H96F6N2O39S9. The first-order valence-electron chi connectivity index (χ1n) is 42.7. The zero-order valence-electron chi connectivity index (χ0n) is 71.0. The van der Waals surface area contributed by atoms with Crippen molar-refractivity contribution in [2.75, 3.05) is 14.2 Å². The number of rotatable bonds is 2. The molecule has 732 valence electrons. The molecular weight excluding hydrogens is 1940 g/mol. The lowest BCUT2D eigenvalue weighted by Crippen LogP contribution is -2.56. The maximum atomic E-state index is 13.0. The van der Waals surface area contributed by atoms with Gasteiger partial charge in [0.25, 0.3) is 91.1 Å². The third-order valence-electron chi connectivity index (χ3n) is 33.4. The van der Waals surface area contributed by atoms with Crippen LogP contribution in [0.1, 0.15) is 115 Å². The normalized spacial score (nSPS) is 56.1. The van der Waals surface area contributed by atoms with Crippen LogP contribution >= 0.6 is 0 Å². The highest BCUT2D eigenvalue weighted by Gasteiger charge is 2.85. The van der Waals surface area contributed by atoms with Crippen LogP contribution in [-0.2, 0) is 186 Å². The summed E-state index contributed by atoms with van der Waals surface area (Å²) < 4.78 is 377. The van der Waals surface area contributed by atoms with E-state index in [1.165, 1.54) is 21.1 Å². The molecule has 2 saturated carbocycles. The highest BCUT2D eigenvalue weighted by Crippen LogP contribution is 2.66. The van der Waals surface area contributed by atoms with E-state index in [-0.39, 0.29) is 133 Å². The van der Waals surface area contributed by atoms with E-state index < -0.39 is 271 Å². The Hall–Kier alpha value is -3.63. The van der Waals surface area contributed by atoms with Gasteiger partial charge in [-0.05, 0) is 38.0 Å². The fourth-order valence-corrected chi connectivity index (χ4v) is 43.1. The highest BCUT2D eigenvalue weighted by molar-refractivity contribution is 7.90. The van der Waals surface area contributed by atoms with Crippen LogP contribution in [0.25, 0.3) is 0 Å². The number of alkyl halides is 6. The van der Waals surface area contributed by atoms with Crippen LogP contribution in [0, 0.1) is 111 Å². The molecule has 0 amide bonds. The van der Waals surface area contributed by atoms with Crippen molar-refractivity contribution in [2.45, 2.75) is 325 Å². The summed E-state index contributed by atoms with van der Waals surface area (Å²) in [5.41, 5.74) is 0. The lowest BCUT2D eigenvalue weighted by Gasteiger charge is -2.29. The minimum absolute atomic E-state index is 0.0000520. The van der Waals surface area contributed by atoms with Gasteiger partial charge in [-0.15, -0.1) is 0 Å². The number of esters is 2. The molecule has 27 rings (SSSR count). The van der Waals surface area contributed by atoms with E-state index in [4.69, 9.17) is 81.9 Å². The molecule has 0 N–H and O–H groups in total. The number of halogens is 6. The van der Waals surface area contributed by atoms with Gasteiger partial charge in [-0.25, -0.2) is 0 Å². The van der Waals surface area contributed by atoms with E-state index >= 15 is 0 Å². The Morgan fingerprint density at radius 3 is 1.30 bits per heavy atom. The Kier molecular flexibility index (Phi) is 22.0. The van der Waals surface area contributed by atoms with Gasteiger partial charge in [0.15, 0.2) is 0 Å². The largest absolute Gasteiger partial charge is 0.469 e. The molecule has 130 heavy (non-hydrogen) atoms. The van der Waals surface area contributed by atoms with Crippen LogP contribution in [0.2, 0.25) is 0 Å². The van der Waals surface area contributed by atoms with Gasteiger partial charge in [-0.3, -0.25) is 47.2 Å². The summed E-state index contributed by atoms with van der Waals surface area (Å²) in [6, 6.07) is 3.90. The van der Waals surface area contributed by atoms with Crippen LogP contribution in [-0.4, -0.2) is 312 Å². The molecule has 0 radical (unpaired) electrons. The zero-order chi connectivity index (χ0) is 94.7. The van der Waals surface area contributed by atoms with Crippen LogP contribution in [0.5, 0.6) is 0 Å². The van der Waals surface area contributed by atoms with Gasteiger partial charge in [-0.1, -0.05) is 69.2 Å². The number of nitriles is 2. The monoisotopic (exact) mass is 2040 g/mol. The Balaban J connectivity index is 0.0000000949. The van der Waals surface area contributed by atoms with E-state index in [9.17, 15) is 112 Å². The Labute approximate surface area is 745 Å². The predicted molar refractivity (Wildman–Crippen MR) is 413 cm³/mol. The quantitative estimate of drug-likeness (QED) is 0.210. The highest BCUT2D eigenvalue weighted by atomic mass is 32.3. The van der Waals surface area contributed by atoms with Gasteiger partial charge in [-0.2, -0.15) is 113 Å². The first kappa shape index (κ1) is 95.3. The Morgan fingerprint density at radius 1 is 0.369 bits per heavy atom. The third kappa shape index (κ3) is 12.7. The number of nitrogens with zero attached hydrogens (tertiary/aromatic N) is 2. The van der Waals surface area contributed by atoms with Crippen molar-refractivity contribution >= 4 is 103 Å². The van der Waals surface area contributed by atoms with E-state index in [0.29, 0.717) is 24.2 Å². The number of ether oxygens (including phenoxy) is 10. The average molecular weight is 2040 g/mol. The van der Waals surface area contributed by atoms with E-state index in [1.807, 2.05) is 60.6 Å². The first-order chi connectivity index (χ1) is 60.0. The second-order valence-corrected chi connectivity index (χ2v) is 55.7. The van der Waals surface area contributed by atoms with Gasteiger partial charge in [0.2, 0.25) is 14.2 Å². The molecule has 0 aromatic rings. The second kappa shape index (κ2) is 30.0. The lowest BCUT2D eigenvalue weighted by atomic mass is 9.80. The van der Waals surface area contributed by atoms with Crippen molar-refractivity contribution in [3.63, 3.8) is 0 Å². The minimum atomic E-state index is -4.85. The van der Waals surface area contributed by atoms with Crippen LogP contribution < -0.4 is 0 Å². The molecule has 25 aliphatic heterocycles. The number of carbonyl (C=O) groups excluding carboxylic acids is 2. The van der Waals surface area contributed by atoms with Crippen LogP contribution in [0.4, 0.5) is 26.3 Å². The summed E-state index contributed by atoms with van der Waals surface area (Å²) >= 11 is 0. The van der Waals surface area contributed by atoms with Gasteiger partial charge >= 0.3 is 24.3 Å². The van der Waals surface area contributed by atoms with Crippen molar-refractivity contribution in [1.82, 2.24) is 0 Å². The SMILES string of the molecule is CC1C2CC3(C#N)C(O2)C1OS3(=O)=O.CC1C2CC3(C(F)(F)F)C(O2)C1OS3(=O)=O.CC1C2CC3(C)C(O2)C1OS3(=O)=O.CC1C2CC3C1OS(=O)(=O)C3C2.CC1C2OC3C1OS(=O)(=O)C3C2C.CC1C2OC3C1OS(=O)(=O)C3C2C#N.CC1C2OS(=O)(=O)C3C2OC1C3C(F)(F)F.COC(=O)C12CC3OC1C(OS2(=O)=O)C3C.COC(=O)C1C2OC3C(OS(=O)(=O)C31)C2C. The van der Waals surface area contributed by atoms with Gasteiger partial charge in [0, 0.05) is 78.4 Å². The summed E-state index contributed by atoms with van der Waals surface area (Å²) in [4.78, 5) is 23.3. The first-order valence-corrected chi connectivity index (χ1v) is 55.6. The summed E-state index contributed by atoms with van der Waals surface area (Å²) in [7, 11) is -31.2. The van der Waals surface area contributed by atoms with Gasteiger partial charge in [0.1, 0.15) is 135 Å². The molecule has 0 aromatic heterocycles. The van der Waals surface area contributed by atoms with E-state index in [1.54, 1.807) is 13.8 Å². The summed E-state index contributed by atoms with van der Waals surface area (Å²) in [5, 5.41) is 14.1. The zero-order valence-corrected chi connectivity index (χ0v) is 78.3. The summed E-state index contributed by atoms with van der Waals surface area (Å²) in [5.74, 6) is -3.49. The molecule has 18 bridgehead atoms. The lowest BCUT2D eigenvalue weighted by molar-refractivity contribution is -0.189.